The number of alkyl carbamates (subject to hydrolysis) is 2. The molecule has 2 atom stereocenters. The summed E-state index contributed by atoms with van der Waals surface area (Å²) in [5.41, 5.74) is -6.95. The number of esters is 12. The molecule has 0 radical (unpaired) electrons. The lowest BCUT2D eigenvalue weighted by Gasteiger charge is -2.50. The summed E-state index contributed by atoms with van der Waals surface area (Å²) in [6.45, 7) is 38.7. The van der Waals surface area contributed by atoms with Gasteiger partial charge in [-0.05, 0) is 60.8 Å². The van der Waals surface area contributed by atoms with Gasteiger partial charge in [0, 0.05) is 96.9 Å². The third-order valence-corrected chi connectivity index (χ3v) is 16.0. The van der Waals surface area contributed by atoms with Crippen LogP contribution in [-0.4, -0.2) is 213 Å². The van der Waals surface area contributed by atoms with E-state index in [4.69, 9.17) is 75.8 Å². The Balaban J connectivity index is 0.00000112. The number of rotatable bonds is 48. The van der Waals surface area contributed by atoms with Crippen LogP contribution in [0.3, 0.4) is 0 Å². The van der Waals surface area contributed by atoms with Crippen LogP contribution >= 0.6 is 0 Å². The zero-order valence-corrected chi connectivity index (χ0v) is 62.7. The van der Waals surface area contributed by atoms with Gasteiger partial charge in [0.15, 0.2) is 0 Å². The zero-order chi connectivity index (χ0) is 84.7. The van der Waals surface area contributed by atoms with Crippen molar-refractivity contribution < 1.29 is 153 Å². The number of hydrogen-bond donors (Lipinski definition) is 4. The Bertz CT molecular complexity index is 3460. The number of benzene rings is 1. The van der Waals surface area contributed by atoms with Crippen LogP contribution < -0.4 is 21.3 Å². The number of aryl methyl sites for hydroxylation is 1. The number of carbonyl (C=O) groups excluding carboxylic acids is 16. The molecule has 1 aromatic rings. The van der Waals surface area contributed by atoms with Crippen LogP contribution in [0.5, 0.6) is 0 Å². The van der Waals surface area contributed by atoms with Crippen molar-refractivity contribution in [2.45, 2.75) is 58.6 Å². The largest absolute Gasteiger partial charge is 0.462 e. The van der Waals surface area contributed by atoms with Gasteiger partial charge in [0.1, 0.15) is 115 Å². The van der Waals surface area contributed by atoms with Gasteiger partial charge in [0.2, 0.25) is 5.60 Å². The number of anilines is 2. The van der Waals surface area contributed by atoms with Crippen molar-refractivity contribution >= 4 is 107 Å². The summed E-state index contributed by atoms with van der Waals surface area (Å²) < 4.78 is 83.1. The van der Waals surface area contributed by atoms with Crippen LogP contribution in [0, 0.1) is 34.0 Å². The number of nitrogens with one attached hydrogen (secondary N) is 4. The second-order valence-electron chi connectivity index (χ2n) is 25.2. The normalized spacial score (nSPS) is 13.8. The molecule has 1 fully saturated rings. The number of carbonyl (C=O) groups is 16. The van der Waals surface area contributed by atoms with E-state index >= 15 is 0 Å². The molecule has 0 spiro atoms. The molecule has 1 aliphatic carbocycles. The van der Waals surface area contributed by atoms with Crippen LogP contribution in [-0.2, 0) is 133 Å². The molecule has 0 heterocycles. The topological polar surface area (TPSA) is 469 Å². The highest BCUT2D eigenvalue weighted by Gasteiger charge is 2.48. The van der Waals surface area contributed by atoms with Gasteiger partial charge in [0.25, 0.3) is 0 Å². The summed E-state index contributed by atoms with van der Waals surface area (Å²) in [7, 11) is 0. The fourth-order valence-corrected chi connectivity index (χ4v) is 9.09. The first-order valence-electron chi connectivity index (χ1n) is 33.2. The second-order valence-corrected chi connectivity index (χ2v) is 25.2. The Morgan fingerprint density at radius 3 is 0.893 bits per heavy atom. The first-order chi connectivity index (χ1) is 52.8. The lowest BCUT2D eigenvalue weighted by atomic mass is 9.57. The molecule has 1 aliphatic rings. The molecule has 4 amide bonds. The van der Waals surface area contributed by atoms with Crippen LogP contribution in [0.25, 0.3) is 0 Å². The van der Waals surface area contributed by atoms with Crippen molar-refractivity contribution in [1.29, 1.82) is 0 Å². The quantitative estimate of drug-likeness (QED) is 0.0304. The highest BCUT2D eigenvalue weighted by atomic mass is 16.7. The van der Waals surface area contributed by atoms with E-state index in [-0.39, 0.29) is 17.9 Å². The van der Waals surface area contributed by atoms with Gasteiger partial charge in [-0.3, -0.25) is 10.6 Å². The fraction of sp³-hybridized carbons (Fsp3) is 0.395. The maximum absolute atomic E-state index is 13.3. The zero-order valence-electron chi connectivity index (χ0n) is 62.7. The molecule has 112 heavy (non-hydrogen) atoms. The van der Waals surface area contributed by atoms with Gasteiger partial charge < -0.3 is 86.4 Å². The highest BCUT2D eigenvalue weighted by molar-refractivity contribution is 5.90. The molecule has 1 saturated carbocycles. The van der Waals surface area contributed by atoms with Gasteiger partial charge in [-0.2, -0.15) is 0 Å². The Kier molecular flexibility index (Phi) is 42.3. The molecule has 1 aromatic carbocycles. The Morgan fingerprint density at radius 2 is 0.625 bits per heavy atom. The number of amides is 4. The van der Waals surface area contributed by atoms with Crippen molar-refractivity contribution in [1.82, 2.24) is 10.6 Å². The maximum atomic E-state index is 13.3. The minimum atomic E-state index is -1.98. The van der Waals surface area contributed by atoms with Gasteiger partial charge in [0.05, 0.1) is 0 Å². The molecule has 2 rings (SSSR count). The molecular weight excluding hydrogens is 1480 g/mol. The van der Waals surface area contributed by atoms with Crippen molar-refractivity contribution in [2.24, 2.45) is 27.1 Å². The third-order valence-electron chi connectivity index (χ3n) is 16.0. The molecule has 0 aliphatic heterocycles. The molecule has 36 nitrogen and oxygen atoms in total. The van der Waals surface area contributed by atoms with Crippen LogP contribution in [0.1, 0.15) is 45.6 Å². The van der Waals surface area contributed by atoms with E-state index in [0.717, 1.165) is 72.9 Å². The third kappa shape index (κ3) is 36.1. The summed E-state index contributed by atoms with van der Waals surface area (Å²) in [6, 6.07) is 3.84. The highest BCUT2D eigenvalue weighted by Crippen LogP contribution is 2.50. The van der Waals surface area contributed by atoms with E-state index in [1.54, 1.807) is 6.92 Å². The van der Waals surface area contributed by atoms with Crippen molar-refractivity contribution in [3.8, 4) is 0 Å². The van der Waals surface area contributed by atoms with Crippen LogP contribution in [0.15, 0.2) is 170 Å². The summed E-state index contributed by atoms with van der Waals surface area (Å²) in [5, 5.41) is 10.5. The predicted molar refractivity (Wildman–Crippen MR) is 394 cm³/mol. The monoisotopic (exact) mass is 1570 g/mol. The Labute approximate surface area is 645 Å². The summed E-state index contributed by atoms with van der Waals surface area (Å²) in [6.07, 6.45) is 7.85. The SMILES string of the molecule is C=CC(=O)OCC(COC(=O)C=C)(COC(=O)C=C)COC(=O)NC1CCC(C)(CNC(=O)OC(COC(=O)C=C)(COC(=O)C=C)COC(=O)C=C)C(C)(C)C1.C=CC(=O)OCC(COC(=O)C=C)(COC(=O)C=C)COC(=O)Nc1ccc(NC(=O)OCC(COC(=O)C=C)(COC(=O)C=C)COC(=O)C=C)c(C)c1. The minimum Gasteiger partial charge on any atom is -0.462 e. The molecule has 4 N–H and O–H groups in total. The van der Waals surface area contributed by atoms with E-state index in [1.807, 2.05) is 20.8 Å². The van der Waals surface area contributed by atoms with Gasteiger partial charge in [-0.15, -0.1) is 0 Å². The Morgan fingerprint density at radius 1 is 0.366 bits per heavy atom. The molecule has 36 heteroatoms. The van der Waals surface area contributed by atoms with E-state index in [9.17, 15) is 76.7 Å². The van der Waals surface area contributed by atoms with Gasteiger partial charge >= 0.3 is 96.0 Å². The molecular formula is C76H94N4O32. The van der Waals surface area contributed by atoms with Gasteiger partial charge in [-0.25, -0.2) is 76.7 Å². The first-order valence-corrected chi connectivity index (χ1v) is 33.2. The van der Waals surface area contributed by atoms with E-state index in [1.165, 1.54) is 18.2 Å². The predicted octanol–water partition coefficient (Wildman–Crippen LogP) is 6.56. The second kappa shape index (κ2) is 49.0. The van der Waals surface area contributed by atoms with Crippen molar-refractivity contribution in [2.75, 3.05) is 116 Å². The Hall–Kier alpha value is -13.2. The summed E-state index contributed by atoms with van der Waals surface area (Å²) >= 11 is 0. The maximum Gasteiger partial charge on any atom is 0.411 e. The standard InChI is InChI=1S/C39H52N2O16.C37H42N2O16/c1-10-28(42)50-20-38(21-51-29(43)11-2,22-52-30(44)12-3)23-56-35(49)41-27-16-17-37(9,36(7,8)18-27)19-40-34(48)57-39(24-53-31(45)13-4,25-54-32(46)14-5)26-55-33(47)15-6;1-8-28(40)48-17-36(18-49-29(41)9-2,19-50-30(42)10-3)23-54-34(46)38-26-14-15-27(25(7)16-26)39-35(47)55-24-37(20-51-31(43)11-4,21-52-32(44)12-5)22-53-33(45)13-6/h10-15,27H,1-6,16-26H2,7-9H3,(H,40,48)(H,41,49);8-16H,1-6,17-24H2,7H3,(H,38,46)(H,39,47). The van der Waals surface area contributed by atoms with E-state index in [2.05, 4.69) is 100 Å². The smallest absolute Gasteiger partial charge is 0.411 e. The summed E-state index contributed by atoms with van der Waals surface area (Å²) in [5.74, 6) is -10.3. The van der Waals surface area contributed by atoms with Crippen molar-refractivity contribution in [3.05, 3.63) is 176 Å². The van der Waals surface area contributed by atoms with Crippen molar-refractivity contribution in [3.63, 3.8) is 0 Å². The van der Waals surface area contributed by atoms with Crippen LogP contribution in [0.2, 0.25) is 0 Å². The molecule has 610 valence electrons. The average molecular weight is 1580 g/mol. The lowest BCUT2D eigenvalue weighted by Crippen LogP contribution is -2.55. The van der Waals surface area contributed by atoms with Crippen LogP contribution in [0.4, 0.5) is 30.6 Å². The lowest BCUT2D eigenvalue weighted by molar-refractivity contribution is -0.170. The number of ether oxygens (including phenoxy) is 16. The number of hydrogen-bond acceptors (Lipinski definition) is 32. The van der Waals surface area contributed by atoms with E-state index in [0.29, 0.717) is 24.8 Å². The first kappa shape index (κ1) is 96.8. The summed E-state index contributed by atoms with van der Waals surface area (Å²) in [4.78, 5) is 194. The van der Waals surface area contributed by atoms with Gasteiger partial charge in [-0.1, -0.05) is 99.7 Å². The fourth-order valence-electron chi connectivity index (χ4n) is 9.09. The van der Waals surface area contributed by atoms with E-state index < -0.39 is 234 Å². The molecule has 2 unspecified atom stereocenters. The molecule has 0 saturated heterocycles. The average Bonchev–Trinajstić information content (AvgIpc) is 0.791. The molecule has 0 aromatic heterocycles. The molecule has 0 bridgehead atoms. The minimum absolute atomic E-state index is 0.0518.